The molecule has 29 heavy (non-hydrogen) atoms. The van der Waals surface area contributed by atoms with Gasteiger partial charge in [0, 0.05) is 5.69 Å². The number of hydrogen-bond acceptors (Lipinski definition) is 5. The summed E-state index contributed by atoms with van der Waals surface area (Å²) in [7, 11) is 0. The minimum atomic E-state index is -1.00. The average Bonchev–Trinajstić information content (AvgIpc) is 2.84. The molecule has 1 heterocycles. The van der Waals surface area contributed by atoms with Crippen LogP contribution in [0.2, 0.25) is 0 Å². The van der Waals surface area contributed by atoms with Crippen LogP contribution in [0.25, 0.3) is 0 Å². The lowest BCUT2D eigenvalue weighted by Gasteiger charge is -2.22. The molecule has 1 aliphatic heterocycles. The third-order valence-electron chi connectivity index (χ3n) is 4.72. The molecule has 0 bridgehead atoms. The first-order chi connectivity index (χ1) is 13.9. The summed E-state index contributed by atoms with van der Waals surface area (Å²) in [6.07, 6.45) is -0.847. The van der Waals surface area contributed by atoms with Crippen molar-refractivity contribution in [2.45, 2.75) is 33.3 Å². The van der Waals surface area contributed by atoms with Gasteiger partial charge >= 0.3 is 5.97 Å². The first-order valence-corrected chi connectivity index (χ1v) is 9.45. The first kappa shape index (κ1) is 20.4. The number of fused-ring (bicyclic) bond motifs is 1. The molecule has 0 spiro atoms. The fourth-order valence-electron chi connectivity index (χ4n) is 3.15. The third-order valence-corrected chi connectivity index (χ3v) is 4.72. The van der Waals surface area contributed by atoms with E-state index in [4.69, 9.17) is 9.47 Å². The highest BCUT2D eigenvalue weighted by atomic mass is 16.5. The number of rotatable bonds is 5. The highest BCUT2D eigenvalue weighted by molar-refractivity contribution is 6.00. The summed E-state index contributed by atoms with van der Waals surface area (Å²) in [6, 6.07) is 12.7. The zero-order chi connectivity index (χ0) is 21.0. The van der Waals surface area contributed by atoms with Gasteiger partial charge in [-0.2, -0.15) is 0 Å². The molecule has 0 saturated heterocycles. The maximum Gasteiger partial charge on any atom is 0.326 e. The van der Waals surface area contributed by atoms with Gasteiger partial charge in [-0.3, -0.25) is 19.3 Å². The van der Waals surface area contributed by atoms with Crippen molar-refractivity contribution in [2.75, 3.05) is 23.4 Å². The van der Waals surface area contributed by atoms with E-state index in [0.29, 0.717) is 17.1 Å². The number of nitrogens with one attached hydrogen (secondary N) is 1. The minimum absolute atomic E-state index is 0.157. The van der Waals surface area contributed by atoms with Crippen molar-refractivity contribution in [1.82, 2.24) is 0 Å². The number of aryl methyl sites for hydroxylation is 2. The van der Waals surface area contributed by atoms with Crippen LogP contribution < -0.4 is 15.0 Å². The van der Waals surface area contributed by atoms with E-state index in [9.17, 15) is 14.4 Å². The zero-order valence-electron chi connectivity index (χ0n) is 16.7. The fourth-order valence-corrected chi connectivity index (χ4v) is 3.15. The SMILES string of the molecule is Cc1cccc(C)c1NC(=O)[C@@H](C)OC(=O)CN1C(=O)CCOc2ccccc21. The summed E-state index contributed by atoms with van der Waals surface area (Å²) < 4.78 is 10.8. The number of ether oxygens (including phenoxy) is 2. The second-order valence-corrected chi connectivity index (χ2v) is 6.93. The molecule has 7 nitrogen and oxygen atoms in total. The summed E-state index contributed by atoms with van der Waals surface area (Å²) in [4.78, 5) is 38.7. The summed E-state index contributed by atoms with van der Waals surface area (Å²) in [5.74, 6) is -0.799. The van der Waals surface area contributed by atoms with E-state index in [0.717, 1.165) is 11.1 Å². The van der Waals surface area contributed by atoms with Crippen molar-refractivity contribution < 1.29 is 23.9 Å². The Morgan fingerprint density at radius 1 is 1.14 bits per heavy atom. The monoisotopic (exact) mass is 396 g/mol. The second-order valence-electron chi connectivity index (χ2n) is 6.93. The van der Waals surface area contributed by atoms with Crippen LogP contribution >= 0.6 is 0 Å². The van der Waals surface area contributed by atoms with E-state index >= 15 is 0 Å². The Hall–Kier alpha value is -3.35. The number of anilines is 2. The van der Waals surface area contributed by atoms with Gasteiger partial charge in [0.05, 0.1) is 18.7 Å². The van der Waals surface area contributed by atoms with Gasteiger partial charge in [0.25, 0.3) is 5.91 Å². The number of benzene rings is 2. The van der Waals surface area contributed by atoms with Crippen molar-refractivity contribution in [1.29, 1.82) is 0 Å². The van der Waals surface area contributed by atoms with Crippen LogP contribution in [0, 0.1) is 13.8 Å². The lowest BCUT2D eigenvalue weighted by atomic mass is 10.1. The summed E-state index contributed by atoms with van der Waals surface area (Å²) in [5, 5.41) is 2.80. The van der Waals surface area contributed by atoms with Gasteiger partial charge in [0.1, 0.15) is 12.3 Å². The number of carbonyl (C=O) groups excluding carboxylic acids is 3. The largest absolute Gasteiger partial charge is 0.491 e. The lowest BCUT2D eigenvalue weighted by molar-refractivity contribution is -0.152. The van der Waals surface area contributed by atoms with Gasteiger partial charge in [-0.25, -0.2) is 0 Å². The van der Waals surface area contributed by atoms with Gasteiger partial charge in [-0.1, -0.05) is 30.3 Å². The topological polar surface area (TPSA) is 84.9 Å². The molecule has 0 aromatic heterocycles. The molecule has 1 aliphatic rings. The molecule has 0 unspecified atom stereocenters. The highest BCUT2D eigenvalue weighted by Gasteiger charge is 2.27. The average molecular weight is 396 g/mol. The molecule has 1 atom stereocenters. The number of carbonyl (C=O) groups is 3. The quantitative estimate of drug-likeness (QED) is 0.786. The van der Waals surface area contributed by atoms with Crippen molar-refractivity contribution >= 4 is 29.2 Å². The Bertz CT molecular complexity index is 920. The summed E-state index contributed by atoms with van der Waals surface area (Å²) in [5.41, 5.74) is 3.06. The molecule has 0 radical (unpaired) electrons. The van der Waals surface area contributed by atoms with E-state index in [1.165, 1.54) is 11.8 Å². The molecule has 2 aromatic rings. The molecule has 152 valence electrons. The maximum atomic E-state index is 12.5. The molecule has 0 fully saturated rings. The molecule has 3 rings (SSSR count). The van der Waals surface area contributed by atoms with Crippen LogP contribution in [0.5, 0.6) is 5.75 Å². The fraction of sp³-hybridized carbons (Fsp3) is 0.318. The molecule has 0 aliphatic carbocycles. The van der Waals surface area contributed by atoms with E-state index in [1.807, 2.05) is 32.0 Å². The normalized spacial score (nSPS) is 14.3. The van der Waals surface area contributed by atoms with Gasteiger partial charge < -0.3 is 14.8 Å². The summed E-state index contributed by atoms with van der Waals surface area (Å²) in [6.45, 7) is 5.24. The van der Waals surface area contributed by atoms with Crippen molar-refractivity contribution in [3.05, 3.63) is 53.6 Å². The Kier molecular flexibility index (Phi) is 6.16. The number of amides is 2. The molecule has 2 amide bonds. The van der Waals surface area contributed by atoms with Crippen LogP contribution in [-0.4, -0.2) is 37.0 Å². The van der Waals surface area contributed by atoms with Crippen LogP contribution in [0.15, 0.2) is 42.5 Å². The van der Waals surface area contributed by atoms with Crippen LogP contribution in [0.3, 0.4) is 0 Å². The van der Waals surface area contributed by atoms with Crippen LogP contribution in [0.1, 0.15) is 24.5 Å². The van der Waals surface area contributed by atoms with Crippen LogP contribution in [0.4, 0.5) is 11.4 Å². The summed E-state index contributed by atoms with van der Waals surface area (Å²) >= 11 is 0. The number of esters is 1. The standard InChI is InChI=1S/C22H24N2O5/c1-14-7-6-8-15(2)21(14)23-22(27)16(3)29-20(26)13-24-17-9-4-5-10-18(17)28-12-11-19(24)25/h4-10,16H,11-13H2,1-3H3,(H,23,27)/t16-/m1/s1. The van der Waals surface area contributed by atoms with Crippen molar-refractivity contribution in [2.24, 2.45) is 0 Å². The number of hydrogen-bond donors (Lipinski definition) is 1. The second kappa shape index (κ2) is 8.77. The van der Waals surface area contributed by atoms with E-state index in [1.54, 1.807) is 24.3 Å². The minimum Gasteiger partial charge on any atom is -0.491 e. The number of nitrogens with zero attached hydrogens (tertiary/aromatic N) is 1. The molecule has 7 heteroatoms. The molecule has 0 saturated carbocycles. The lowest BCUT2D eigenvalue weighted by Crippen LogP contribution is -2.39. The Balaban J connectivity index is 1.65. The van der Waals surface area contributed by atoms with E-state index in [2.05, 4.69) is 5.32 Å². The highest BCUT2D eigenvalue weighted by Crippen LogP contribution is 2.30. The Morgan fingerprint density at radius 3 is 2.55 bits per heavy atom. The molecule has 2 aromatic carbocycles. The molecule has 1 N–H and O–H groups in total. The predicted molar refractivity (Wildman–Crippen MR) is 109 cm³/mol. The molecular weight excluding hydrogens is 372 g/mol. The smallest absolute Gasteiger partial charge is 0.326 e. The van der Waals surface area contributed by atoms with Crippen molar-refractivity contribution in [3.63, 3.8) is 0 Å². The van der Waals surface area contributed by atoms with E-state index in [-0.39, 0.29) is 25.5 Å². The number of para-hydroxylation sites is 3. The zero-order valence-corrected chi connectivity index (χ0v) is 16.7. The Labute approximate surface area is 169 Å². The van der Waals surface area contributed by atoms with E-state index < -0.39 is 18.0 Å². The first-order valence-electron chi connectivity index (χ1n) is 9.45. The van der Waals surface area contributed by atoms with Gasteiger partial charge in [0.2, 0.25) is 5.91 Å². The van der Waals surface area contributed by atoms with Gasteiger partial charge in [-0.15, -0.1) is 0 Å². The predicted octanol–water partition coefficient (Wildman–Crippen LogP) is 2.99. The Morgan fingerprint density at radius 2 is 1.83 bits per heavy atom. The maximum absolute atomic E-state index is 12.5. The third kappa shape index (κ3) is 4.74. The van der Waals surface area contributed by atoms with Gasteiger partial charge in [0.15, 0.2) is 6.10 Å². The molecular formula is C22H24N2O5. The van der Waals surface area contributed by atoms with Crippen molar-refractivity contribution in [3.8, 4) is 5.75 Å². The van der Waals surface area contributed by atoms with Gasteiger partial charge in [-0.05, 0) is 44.0 Å². The van der Waals surface area contributed by atoms with Crippen LogP contribution in [-0.2, 0) is 19.1 Å².